The zero-order chi connectivity index (χ0) is 15.7. The van der Waals surface area contributed by atoms with Crippen molar-refractivity contribution in [2.45, 2.75) is 42.6 Å². The van der Waals surface area contributed by atoms with Crippen molar-refractivity contribution in [3.63, 3.8) is 0 Å². The molecule has 22 heavy (non-hydrogen) atoms. The summed E-state index contributed by atoms with van der Waals surface area (Å²) in [6.45, 7) is -0.386. The van der Waals surface area contributed by atoms with Gasteiger partial charge in [0.25, 0.3) is 5.91 Å². The average Bonchev–Trinajstić information content (AvgIpc) is 2.94. The second-order valence-electron chi connectivity index (χ2n) is 5.36. The Morgan fingerprint density at radius 1 is 1.45 bits per heavy atom. The number of ether oxygens (including phenoxy) is 1. The van der Waals surface area contributed by atoms with Gasteiger partial charge in [-0.15, -0.1) is 0 Å². The third-order valence-corrected chi connectivity index (χ3v) is 4.92. The molecule has 0 bridgehead atoms. The maximum atomic E-state index is 12.1. The van der Waals surface area contributed by atoms with Crippen molar-refractivity contribution in [2.75, 3.05) is 6.61 Å². The monoisotopic (exact) mass is 326 g/mol. The van der Waals surface area contributed by atoms with Crippen LogP contribution in [0.4, 0.5) is 0 Å². The Bertz CT molecular complexity index is 547. The Labute approximate surface area is 131 Å². The molecule has 0 aromatic carbocycles. The van der Waals surface area contributed by atoms with Gasteiger partial charge in [-0.3, -0.25) is 9.79 Å². The molecule has 0 unspecified atom stereocenters. The molecule has 0 spiro atoms. The SMILES string of the molecule is O=C(NC1=N[C@@H]2[C@@H](O)[C@H](O)[C@@H](CO)O[C@@H]2S1)C1=CC=CCC1. The second-order valence-corrected chi connectivity index (χ2v) is 6.45. The Morgan fingerprint density at radius 3 is 2.95 bits per heavy atom. The summed E-state index contributed by atoms with van der Waals surface area (Å²) in [7, 11) is 0. The molecule has 0 aromatic rings. The predicted octanol–water partition coefficient (Wildman–Crippen LogP) is -0.711. The van der Waals surface area contributed by atoms with Crippen LogP contribution in [0.5, 0.6) is 0 Å². The summed E-state index contributed by atoms with van der Waals surface area (Å²) in [4.78, 5) is 16.4. The summed E-state index contributed by atoms with van der Waals surface area (Å²) in [6.07, 6.45) is 3.94. The smallest absolute Gasteiger partial charge is 0.253 e. The molecule has 3 rings (SSSR count). The lowest BCUT2D eigenvalue weighted by molar-refractivity contribution is -0.164. The molecule has 8 heteroatoms. The number of carbonyl (C=O) groups is 1. The van der Waals surface area contributed by atoms with Gasteiger partial charge in [-0.05, 0) is 12.8 Å². The van der Waals surface area contributed by atoms with E-state index in [-0.39, 0.29) is 12.5 Å². The summed E-state index contributed by atoms with van der Waals surface area (Å²) < 4.78 is 5.51. The largest absolute Gasteiger partial charge is 0.394 e. The maximum absolute atomic E-state index is 12.1. The summed E-state index contributed by atoms with van der Waals surface area (Å²) in [5, 5.41) is 32.1. The van der Waals surface area contributed by atoms with Gasteiger partial charge in [0.2, 0.25) is 0 Å². The van der Waals surface area contributed by atoms with Crippen molar-refractivity contribution in [1.82, 2.24) is 5.32 Å². The number of aliphatic imine (C=N–C) groups is 1. The van der Waals surface area contributed by atoms with Crippen molar-refractivity contribution >= 4 is 22.8 Å². The van der Waals surface area contributed by atoms with Crippen LogP contribution in [0.3, 0.4) is 0 Å². The van der Waals surface area contributed by atoms with Gasteiger partial charge >= 0.3 is 0 Å². The van der Waals surface area contributed by atoms with Crippen LogP contribution in [-0.2, 0) is 9.53 Å². The van der Waals surface area contributed by atoms with Crippen LogP contribution in [0.1, 0.15) is 12.8 Å². The number of fused-ring (bicyclic) bond motifs is 1. The fourth-order valence-corrected chi connectivity index (χ4v) is 3.72. The summed E-state index contributed by atoms with van der Waals surface area (Å²) in [5.74, 6) is -0.219. The van der Waals surface area contributed by atoms with Gasteiger partial charge in [0, 0.05) is 5.57 Å². The number of amides is 1. The van der Waals surface area contributed by atoms with E-state index in [1.54, 1.807) is 6.08 Å². The van der Waals surface area contributed by atoms with Crippen molar-refractivity contribution < 1.29 is 24.9 Å². The summed E-state index contributed by atoms with van der Waals surface area (Å²) in [5.41, 5.74) is 0.154. The van der Waals surface area contributed by atoms with Gasteiger partial charge in [-0.2, -0.15) is 0 Å². The molecule has 1 aliphatic carbocycles. The van der Waals surface area contributed by atoms with Gasteiger partial charge in [0.05, 0.1) is 6.61 Å². The highest BCUT2D eigenvalue weighted by atomic mass is 32.2. The van der Waals surface area contributed by atoms with Crippen LogP contribution in [0.15, 0.2) is 28.8 Å². The van der Waals surface area contributed by atoms with E-state index in [0.29, 0.717) is 17.2 Å². The van der Waals surface area contributed by atoms with E-state index in [0.717, 1.165) is 6.42 Å². The first-order valence-corrected chi connectivity index (χ1v) is 8.02. The average molecular weight is 326 g/mol. The van der Waals surface area contributed by atoms with Crippen LogP contribution in [0, 0.1) is 0 Å². The molecule has 1 saturated heterocycles. The number of allylic oxidation sites excluding steroid dienone is 3. The number of hydrogen-bond donors (Lipinski definition) is 4. The topological polar surface area (TPSA) is 111 Å². The molecule has 1 amide bonds. The molecule has 0 radical (unpaired) electrons. The minimum atomic E-state index is -1.20. The van der Waals surface area contributed by atoms with E-state index in [9.17, 15) is 15.0 Å². The number of aliphatic hydroxyl groups is 3. The minimum Gasteiger partial charge on any atom is -0.394 e. The highest BCUT2D eigenvalue weighted by Gasteiger charge is 2.48. The van der Waals surface area contributed by atoms with Gasteiger partial charge in [-0.25, -0.2) is 0 Å². The molecule has 3 aliphatic rings. The number of aliphatic hydroxyl groups excluding tert-OH is 3. The molecule has 0 aromatic heterocycles. The molecule has 2 aliphatic heterocycles. The fourth-order valence-electron chi connectivity index (χ4n) is 2.61. The molecule has 2 heterocycles. The van der Waals surface area contributed by atoms with E-state index < -0.39 is 29.8 Å². The second kappa shape index (κ2) is 6.51. The molecule has 7 nitrogen and oxygen atoms in total. The van der Waals surface area contributed by atoms with Crippen LogP contribution in [0.2, 0.25) is 0 Å². The number of carbonyl (C=O) groups excluding carboxylic acids is 1. The predicted molar refractivity (Wildman–Crippen MR) is 81.2 cm³/mol. The number of nitrogens with zero attached hydrogens (tertiary/aromatic N) is 1. The number of amidine groups is 1. The first-order chi connectivity index (χ1) is 10.6. The molecule has 0 saturated carbocycles. The number of hydrogen-bond acceptors (Lipinski definition) is 7. The molecule has 1 fully saturated rings. The fraction of sp³-hybridized carbons (Fsp3) is 0.571. The Hall–Kier alpha value is -1.19. The highest BCUT2D eigenvalue weighted by Crippen LogP contribution is 2.35. The standard InChI is InChI=1S/C14H18N2O5S/c17-6-8-10(18)11(19)9-13(21-8)22-14(15-9)16-12(20)7-4-2-1-3-5-7/h1-2,4,8-11,13,17-19H,3,5-6H2,(H,15,16,20)/t8-,9-,10-,11-,13-/m1/s1. The molecule has 5 atom stereocenters. The first kappa shape index (κ1) is 15.7. The third-order valence-electron chi connectivity index (χ3n) is 3.87. The van der Waals surface area contributed by atoms with Gasteiger partial charge in [0.1, 0.15) is 29.8 Å². The van der Waals surface area contributed by atoms with Gasteiger partial charge < -0.3 is 25.4 Å². The van der Waals surface area contributed by atoms with E-state index in [2.05, 4.69) is 10.3 Å². The van der Waals surface area contributed by atoms with Crippen molar-refractivity contribution in [3.8, 4) is 0 Å². The molecular formula is C14H18N2O5S. The normalized spacial score (nSPS) is 37.3. The van der Waals surface area contributed by atoms with Gasteiger partial charge in [0.15, 0.2) is 5.17 Å². The summed E-state index contributed by atoms with van der Waals surface area (Å²) in [6, 6.07) is -0.654. The van der Waals surface area contributed by atoms with E-state index in [1.165, 1.54) is 11.8 Å². The van der Waals surface area contributed by atoms with Crippen molar-refractivity contribution in [1.29, 1.82) is 0 Å². The minimum absolute atomic E-state index is 0.219. The zero-order valence-corrected chi connectivity index (χ0v) is 12.6. The lowest BCUT2D eigenvalue weighted by Gasteiger charge is -2.37. The van der Waals surface area contributed by atoms with Crippen molar-refractivity contribution in [2.24, 2.45) is 4.99 Å². The van der Waals surface area contributed by atoms with Gasteiger partial charge in [-0.1, -0.05) is 30.0 Å². The lowest BCUT2D eigenvalue weighted by Crippen LogP contribution is -2.55. The van der Waals surface area contributed by atoms with E-state index in [1.807, 2.05) is 12.2 Å². The van der Waals surface area contributed by atoms with Crippen LogP contribution in [-0.4, -0.2) is 62.8 Å². The highest BCUT2D eigenvalue weighted by molar-refractivity contribution is 8.14. The first-order valence-electron chi connectivity index (χ1n) is 7.14. The van der Waals surface area contributed by atoms with Crippen LogP contribution >= 0.6 is 11.8 Å². The Balaban J connectivity index is 1.66. The van der Waals surface area contributed by atoms with E-state index in [4.69, 9.17) is 9.84 Å². The lowest BCUT2D eigenvalue weighted by atomic mass is 9.99. The number of nitrogens with one attached hydrogen (secondary N) is 1. The molecule has 4 N–H and O–H groups in total. The number of rotatable bonds is 2. The number of thioether (sulfide) groups is 1. The van der Waals surface area contributed by atoms with Crippen LogP contribution < -0.4 is 5.32 Å². The zero-order valence-electron chi connectivity index (χ0n) is 11.8. The maximum Gasteiger partial charge on any atom is 0.253 e. The van der Waals surface area contributed by atoms with Crippen LogP contribution in [0.25, 0.3) is 0 Å². The molecule has 120 valence electrons. The Morgan fingerprint density at radius 2 is 2.27 bits per heavy atom. The molecular weight excluding hydrogens is 308 g/mol. The third kappa shape index (κ3) is 2.97. The Kier molecular flexibility index (Phi) is 4.65. The van der Waals surface area contributed by atoms with E-state index >= 15 is 0 Å². The quantitative estimate of drug-likeness (QED) is 0.533. The summed E-state index contributed by atoms with van der Waals surface area (Å²) >= 11 is 1.18. The van der Waals surface area contributed by atoms with Crippen molar-refractivity contribution in [3.05, 3.63) is 23.8 Å².